The first-order chi connectivity index (χ1) is 12.5. The number of nitrogens with one attached hydrogen (secondary N) is 1. The number of aromatic nitrogens is 2. The third-order valence-electron chi connectivity index (χ3n) is 4.98. The smallest absolute Gasteiger partial charge is 0.268 e. The predicted octanol–water partition coefficient (Wildman–Crippen LogP) is 4.05. The van der Waals surface area contributed by atoms with Crippen molar-refractivity contribution < 1.29 is 4.79 Å². The standard InChI is InChI=1S/C19H25ClN4OS/c1-13-5-8-24(9-6-13)26-18-10-17(23(3)14(18)2)19(25)22-12-15-11-21-7-4-16(15)20/h4,7,10-11,13H,5-6,8-9,12H2,1-3H3,(H,22,25). The molecule has 2 aromatic heterocycles. The molecule has 3 rings (SSSR count). The third-order valence-corrected chi connectivity index (χ3v) is 6.58. The summed E-state index contributed by atoms with van der Waals surface area (Å²) >= 11 is 7.89. The molecule has 26 heavy (non-hydrogen) atoms. The van der Waals surface area contributed by atoms with Gasteiger partial charge in [-0.05, 0) is 49.8 Å². The van der Waals surface area contributed by atoms with Crippen molar-refractivity contribution in [1.29, 1.82) is 0 Å². The lowest BCUT2D eigenvalue weighted by molar-refractivity contribution is 0.0942. The molecular formula is C19H25ClN4OS. The molecule has 1 aliphatic rings. The van der Waals surface area contributed by atoms with Crippen molar-refractivity contribution in [1.82, 2.24) is 19.2 Å². The molecule has 7 heteroatoms. The van der Waals surface area contributed by atoms with E-state index in [4.69, 9.17) is 11.6 Å². The summed E-state index contributed by atoms with van der Waals surface area (Å²) in [5, 5.41) is 3.55. The molecule has 1 amide bonds. The lowest BCUT2D eigenvalue weighted by Crippen LogP contribution is -2.27. The second kappa shape index (κ2) is 8.46. The SMILES string of the molecule is Cc1c(SN2CCC(C)CC2)cc(C(=O)NCc2cnccc2Cl)n1C. The van der Waals surface area contributed by atoms with Crippen LogP contribution in [0.15, 0.2) is 29.4 Å². The maximum atomic E-state index is 12.6. The van der Waals surface area contributed by atoms with Crippen LogP contribution >= 0.6 is 23.5 Å². The lowest BCUT2D eigenvalue weighted by atomic mass is 10.0. The number of hydrogen-bond donors (Lipinski definition) is 1. The Morgan fingerprint density at radius 3 is 2.85 bits per heavy atom. The molecule has 0 unspecified atom stereocenters. The Labute approximate surface area is 164 Å². The summed E-state index contributed by atoms with van der Waals surface area (Å²) in [5.74, 6) is 0.707. The maximum absolute atomic E-state index is 12.6. The fraction of sp³-hybridized carbons (Fsp3) is 0.474. The summed E-state index contributed by atoms with van der Waals surface area (Å²) in [6.07, 6.45) is 5.78. The van der Waals surface area contributed by atoms with Crippen molar-refractivity contribution >= 4 is 29.5 Å². The molecule has 0 atom stereocenters. The first-order valence-electron chi connectivity index (χ1n) is 8.91. The minimum absolute atomic E-state index is 0.102. The molecule has 0 spiro atoms. The van der Waals surface area contributed by atoms with Crippen LogP contribution in [0.4, 0.5) is 0 Å². The summed E-state index contributed by atoms with van der Waals surface area (Å²) in [5.41, 5.74) is 2.58. The molecule has 0 radical (unpaired) electrons. The topological polar surface area (TPSA) is 50.2 Å². The average Bonchev–Trinajstić information content (AvgIpc) is 2.91. The van der Waals surface area contributed by atoms with Gasteiger partial charge in [0.25, 0.3) is 5.91 Å². The number of nitrogens with zero attached hydrogens (tertiary/aromatic N) is 3. The van der Waals surface area contributed by atoms with Crippen LogP contribution in [0.5, 0.6) is 0 Å². The summed E-state index contributed by atoms with van der Waals surface area (Å²) < 4.78 is 4.36. The van der Waals surface area contributed by atoms with Crippen LogP contribution in [-0.4, -0.2) is 32.9 Å². The van der Waals surface area contributed by atoms with Crippen LogP contribution in [-0.2, 0) is 13.6 Å². The van der Waals surface area contributed by atoms with E-state index in [1.54, 1.807) is 30.4 Å². The van der Waals surface area contributed by atoms with Gasteiger partial charge in [-0.3, -0.25) is 9.78 Å². The van der Waals surface area contributed by atoms with E-state index in [2.05, 4.69) is 28.5 Å². The van der Waals surface area contributed by atoms with E-state index >= 15 is 0 Å². The van der Waals surface area contributed by atoms with E-state index in [0.29, 0.717) is 17.3 Å². The largest absolute Gasteiger partial charge is 0.347 e. The Hall–Kier alpha value is -1.50. The Balaban J connectivity index is 1.66. The van der Waals surface area contributed by atoms with Gasteiger partial charge in [0.15, 0.2) is 0 Å². The molecule has 0 saturated carbocycles. The van der Waals surface area contributed by atoms with Crippen LogP contribution in [0.1, 0.15) is 41.5 Å². The number of rotatable bonds is 5. The molecule has 1 N–H and O–H groups in total. The molecule has 0 aromatic carbocycles. The number of piperidine rings is 1. The Kier molecular flexibility index (Phi) is 6.27. The fourth-order valence-electron chi connectivity index (χ4n) is 3.00. The van der Waals surface area contributed by atoms with Crippen LogP contribution in [0.2, 0.25) is 5.02 Å². The second-order valence-corrected chi connectivity index (χ2v) is 8.44. The van der Waals surface area contributed by atoms with Crippen LogP contribution in [0.3, 0.4) is 0 Å². The molecule has 2 aromatic rings. The highest BCUT2D eigenvalue weighted by molar-refractivity contribution is 7.97. The maximum Gasteiger partial charge on any atom is 0.268 e. The lowest BCUT2D eigenvalue weighted by Gasteiger charge is -2.28. The van der Waals surface area contributed by atoms with Crippen LogP contribution in [0.25, 0.3) is 0 Å². The molecule has 1 saturated heterocycles. The van der Waals surface area contributed by atoms with E-state index in [0.717, 1.165) is 35.2 Å². The molecule has 5 nitrogen and oxygen atoms in total. The van der Waals surface area contributed by atoms with E-state index in [1.807, 2.05) is 17.7 Å². The van der Waals surface area contributed by atoms with Gasteiger partial charge in [-0.1, -0.05) is 18.5 Å². The first-order valence-corrected chi connectivity index (χ1v) is 10.1. The molecule has 0 aliphatic carbocycles. The number of hydrogen-bond acceptors (Lipinski definition) is 4. The van der Waals surface area contributed by atoms with Crippen LogP contribution in [0, 0.1) is 12.8 Å². The van der Waals surface area contributed by atoms with Gasteiger partial charge in [0.1, 0.15) is 5.69 Å². The second-order valence-electron chi connectivity index (χ2n) is 6.89. The van der Waals surface area contributed by atoms with Crippen molar-refractivity contribution in [3.63, 3.8) is 0 Å². The van der Waals surface area contributed by atoms with Gasteiger partial charge >= 0.3 is 0 Å². The minimum atomic E-state index is -0.102. The van der Waals surface area contributed by atoms with E-state index in [9.17, 15) is 4.79 Å². The number of pyridine rings is 1. The minimum Gasteiger partial charge on any atom is -0.347 e. The normalized spacial score (nSPS) is 16.0. The van der Waals surface area contributed by atoms with Gasteiger partial charge in [-0.15, -0.1) is 0 Å². The fourth-order valence-corrected chi connectivity index (χ4v) is 4.28. The zero-order valence-electron chi connectivity index (χ0n) is 15.5. The molecular weight excluding hydrogens is 368 g/mol. The molecule has 0 bridgehead atoms. The Bertz CT molecular complexity index is 784. The molecule has 140 valence electrons. The third kappa shape index (κ3) is 4.42. The number of carbonyl (C=O) groups excluding carboxylic acids is 1. The van der Waals surface area contributed by atoms with Gasteiger partial charge < -0.3 is 9.88 Å². The van der Waals surface area contributed by atoms with Crippen LogP contribution < -0.4 is 5.32 Å². The van der Waals surface area contributed by atoms with Crippen molar-refractivity contribution in [3.8, 4) is 0 Å². The van der Waals surface area contributed by atoms with Gasteiger partial charge in [-0.25, -0.2) is 4.31 Å². The summed E-state index contributed by atoms with van der Waals surface area (Å²) in [6, 6.07) is 3.71. The van der Waals surface area contributed by atoms with Crippen molar-refractivity contribution in [2.24, 2.45) is 13.0 Å². The van der Waals surface area contributed by atoms with Gasteiger partial charge in [0.05, 0.1) is 0 Å². The zero-order valence-corrected chi connectivity index (χ0v) is 17.0. The van der Waals surface area contributed by atoms with E-state index < -0.39 is 0 Å². The number of halogens is 1. The molecule has 1 fully saturated rings. The van der Waals surface area contributed by atoms with Crippen molar-refractivity contribution in [2.45, 2.75) is 38.1 Å². The van der Waals surface area contributed by atoms with E-state index in [-0.39, 0.29) is 5.91 Å². The summed E-state index contributed by atoms with van der Waals surface area (Å²) in [4.78, 5) is 17.8. The first kappa shape index (κ1) is 19.3. The Morgan fingerprint density at radius 1 is 1.42 bits per heavy atom. The number of carbonyl (C=O) groups is 1. The predicted molar refractivity (Wildman–Crippen MR) is 106 cm³/mol. The number of amides is 1. The molecule has 1 aliphatic heterocycles. The highest BCUT2D eigenvalue weighted by atomic mass is 35.5. The average molecular weight is 393 g/mol. The monoisotopic (exact) mass is 392 g/mol. The van der Waals surface area contributed by atoms with Gasteiger partial charge in [0.2, 0.25) is 0 Å². The summed E-state index contributed by atoms with van der Waals surface area (Å²) in [7, 11) is 1.93. The van der Waals surface area contributed by atoms with Gasteiger partial charge in [0, 0.05) is 60.3 Å². The van der Waals surface area contributed by atoms with Gasteiger partial charge in [-0.2, -0.15) is 0 Å². The zero-order chi connectivity index (χ0) is 18.7. The highest BCUT2D eigenvalue weighted by Gasteiger charge is 2.21. The quantitative estimate of drug-likeness (QED) is 0.780. The Morgan fingerprint density at radius 2 is 2.15 bits per heavy atom. The molecule has 3 heterocycles. The van der Waals surface area contributed by atoms with Crippen molar-refractivity contribution in [2.75, 3.05) is 13.1 Å². The summed E-state index contributed by atoms with van der Waals surface area (Å²) in [6.45, 7) is 6.93. The van der Waals surface area contributed by atoms with Crippen molar-refractivity contribution in [3.05, 3.63) is 46.5 Å². The van der Waals surface area contributed by atoms with E-state index in [1.165, 1.54) is 12.8 Å². The highest BCUT2D eigenvalue weighted by Crippen LogP contribution is 2.32.